The molecule has 0 radical (unpaired) electrons. The lowest BCUT2D eigenvalue weighted by atomic mass is 10.3. The van der Waals surface area contributed by atoms with Crippen LogP contribution in [-0.4, -0.2) is 45.2 Å². The zero-order valence-electron chi connectivity index (χ0n) is 12.1. The van der Waals surface area contributed by atoms with Crippen LogP contribution in [0.2, 0.25) is 0 Å². The van der Waals surface area contributed by atoms with Gasteiger partial charge in [-0.3, -0.25) is 14.9 Å². The second-order valence-electron chi connectivity index (χ2n) is 4.48. The minimum atomic E-state index is -0.492. The quantitative estimate of drug-likeness (QED) is 0.389. The highest BCUT2D eigenvalue weighted by Gasteiger charge is 2.18. The summed E-state index contributed by atoms with van der Waals surface area (Å²) in [6.07, 6.45) is 2.93. The molecule has 118 valence electrons. The van der Waals surface area contributed by atoms with Crippen LogP contribution in [0.25, 0.3) is 0 Å². The van der Waals surface area contributed by atoms with Crippen LogP contribution >= 0.6 is 11.8 Å². The van der Waals surface area contributed by atoms with Crippen LogP contribution in [0.15, 0.2) is 12.3 Å². The molecule has 0 spiro atoms. The molecule has 1 aromatic heterocycles. The zero-order valence-corrected chi connectivity index (χ0v) is 12.9. The van der Waals surface area contributed by atoms with E-state index in [1.807, 2.05) is 6.92 Å². The third kappa shape index (κ3) is 5.76. The van der Waals surface area contributed by atoms with Gasteiger partial charge >= 0.3 is 0 Å². The van der Waals surface area contributed by atoms with Gasteiger partial charge in [-0.1, -0.05) is 6.92 Å². The maximum absolute atomic E-state index is 12.1. The first-order valence-corrected chi connectivity index (χ1v) is 8.07. The first kappa shape index (κ1) is 17.5. The molecule has 0 aliphatic rings. The van der Waals surface area contributed by atoms with E-state index in [9.17, 15) is 14.9 Å². The third-order valence-corrected chi connectivity index (χ3v) is 3.84. The number of hydrogen-bond donors (Lipinski definition) is 2. The highest BCUT2D eigenvalue weighted by Crippen LogP contribution is 2.17. The summed E-state index contributed by atoms with van der Waals surface area (Å²) in [6.45, 7) is 3.20. The molecule has 0 aromatic carbocycles. The highest BCUT2D eigenvalue weighted by atomic mass is 32.2. The molecule has 0 aliphatic heterocycles. The number of thioether (sulfide) groups is 1. The van der Waals surface area contributed by atoms with E-state index in [-0.39, 0.29) is 18.2 Å². The molecule has 0 fully saturated rings. The van der Waals surface area contributed by atoms with E-state index in [4.69, 9.17) is 5.11 Å². The Morgan fingerprint density at radius 3 is 2.90 bits per heavy atom. The van der Waals surface area contributed by atoms with Gasteiger partial charge in [0, 0.05) is 31.5 Å². The summed E-state index contributed by atoms with van der Waals surface area (Å²) < 4.78 is 1.62. The lowest BCUT2D eigenvalue weighted by molar-refractivity contribution is -0.384. The molecular formula is C13H21N3O4S. The molecule has 0 atom stereocenters. The van der Waals surface area contributed by atoms with Gasteiger partial charge in [0.25, 0.3) is 11.6 Å². The molecule has 8 heteroatoms. The summed E-state index contributed by atoms with van der Waals surface area (Å²) in [7, 11) is 0. The molecule has 0 aliphatic carbocycles. The van der Waals surface area contributed by atoms with Crippen LogP contribution in [0.5, 0.6) is 0 Å². The van der Waals surface area contributed by atoms with Gasteiger partial charge in [0.2, 0.25) is 0 Å². The first-order chi connectivity index (χ1) is 10.1. The Labute approximate surface area is 127 Å². The van der Waals surface area contributed by atoms with Gasteiger partial charge in [0.15, 0.2) is 0 Å². The van der Waals surface area contributed by atoms with E-state index in [0.717, 1.165) is 24.3 Å². The lowest BCUT2D eigenvalue weighted by Crippen LogP contribution is -2.28. The summed E-state index contributed by atoms with van der Waals surface area (Å²) in [4.78, 5) is 22.4. The fourth-order valence-corrected chi connectivity index (χ4v) is 2.59. The number of aromatic nitrogens is 1. The van der Waals surface area contributed by atoms with Crippen LogP contribution in [0, 0.1) is 10.1 Å². The Bertz CT molecular complexity index is 476. The molecule has 1 aromatic rings. The summed E-state index contributed by atoms with van der Waals surface area (Å²) in [5.74, 6) is 1.31. The van der Waals surface area contributed by atoms with Crippen molar-refractivity contribution >= 4 is 23.4 Å². The number of nitrogens with one attached hydrogen (secondary N) is 1. The van der Waals surface area contributed by atoms with Crippen LogP contribution in [0.3, 0.4) is 0 Å². The van der Waals surface area contributed by atoms with Gasteiger partial charge in [-0.15, -0.1) is 0 Å². The van der Waals surface area contributed by atoms with Gasteiger partial charge in [0.05, 0.1) is 11.1 Å². The molecule has 1 heterocycles. The number of hydrogen-bond acceptors (Lipinski definition) is 5. The Kier molecular flexibility index (Phi) is 7.84. The highest BCUT2D eigenvalue weighted by molar-refractivity contribution is 7.99. The van der Waals surface area contributed by atoms with Crippen molar-refractivity contribution < 1.29 is 14.8 Å². The number of aliphatic hydroxyl groups excluding tert-OH is 1. The average molecular weight is 315 g/mol. The first-order valence-electron chi connectivity index (χ1n) is 6.91. The minimum absolute atomic E-state index is 0.0640. The number of carbonyl (C=O) groups is 1. The second-order valence-corrected chi connectivity index (χ2v) is 5.70. The summed E-state index contributed by atoms with van der Waals surface area (Å²) in [6, 6.07) is 1.31. The predicted octanol–water partition coefficient (Wildman–Crippen LogP) is 1.65. The number of amides is 1. The molecule has 0 bridgehead atoms. The van der Waals surface area contributed by atoms with E-state index in [0.29, 0.717) is 18.8 Å². The molecule has 7 nitrogen and oxygen atoms in total. The number of aryl methyl sites for hydroxylation is 1. The van der Waals surface area contributed by atoms with Crippen LogP contribution in [0.1, 0.15) is 30.3 Å². The SMILES string of the molecule is CCCn1cc([N+](=O)[O-])cc1C(=O)NCCSCCCO. The van der Waals surface area contributed by atoms with Crippen molar-refractivity contribution in [3.8, 4) is 0 Å². The van der Waals surface area contributed by atoms with E-state index >= 15 is 0 Å². The van der Waals surface area contributed by atoms with Crippen molar-refractivity contribution in [1.29, 1.82) is 0 Å². The maximum Gasteiger partial charge on any atom is 0.287 e. The molecule has 21 heavy (non-hydrogen) atoms. The zero-order chi connectivity index (χ0) is 15.7. The maximum atomic E-state index is 12.1. The van der Waals surface area contributed by atoms with Gasteiger partial charge in [-0.05, 0) is 18.6 Å². The number of aliphatic hydroxyl groups is 1. The number of nitro groups is 1. The van der Waals surface area contributed by atoms with Gasteiger partial charge in [-0.25, -0.2) is 0 Å². The van der Waals surface area contributed by atoms with Crippen molar-refractivity contribution in [1.82, 2.24) is 9.88 Å². The van der Waals surface area contributed by atoms with Crippen LogP contribution < -0.4 is 5.32 Å². The third-order valence-electron chi connectivity index (χ3n) is 2.77. The summed E-state index contributed by atoms with van der Waals surface area (Å²) in [5.41, 5.74) is 0.259. The molecule has 1 rings (SSSR count). The molecule has 2 N–H and O–H groups in total. The summed E-state index contributed by atoms with van der Waals surface area (Å²) in [5, 5.41) is 22.2. The number of carbonyl (C=O) groups excluding carboxylic acids is 1. The van der Waals surface area contributed by atoms with Crippen molar-refractivity contribution in [3.63, 3.8) is 0 Å². The van der Waals surface area contributed by atoms with E-state index in [1.54, 1.807) is 16.3 Å². The molecule has 0 saturated heterocycles. The topological polar surface area (TPSA) is 97.4 Å². The van der Waals surface area contributed by atoms with Crippen molar-refractivity contribution in [2.45, 2.75) is 26.3 Å². The van der Waals surface area contributed by atoms with Crippen molar-refractivity contribution in [2.75, 3.05) is 24.7 Å². The molecule has 1 amide bonds. The number of rotatable bonds is 10. The van der Waals surface area contributed by atoms with E-state index in [2.05, 4.69) is 5.32 Å². The smallest absolute Gasteiger partial charge is 0.287 e. The Morgan fingerprint density at radius 2 is 2.29 bits per heavy atom. The van der Waals surface area contributed by atoms with Crippen LogP contribution in [-0.2, 0) is 6.54 Å². The molecule has 0 saturated carbocycles. The van der Waals surface area contributed by atoms with E-state index < -0.39 is 4.92 Å². The van der Waals surface area contributed by atoms with Gasteiger partial charge in [-0.2, -0.15) is 11.8 Å². The van der Waals surface area contributed by atoms with Gasteiger partial charge in [0.1, 0.15) is 5.69 Å². The predicted molar refractivity (Wildman–Crippen MR) is 82.7 cm³/mol. The normalized spacial score (nSPS) is 10.6. The van der Waals surface area contributed by atoms with Crippen molar-refractivity contribution in [2.24, 2.45) is 0 Å². The standard InChI is InChI=1S/C13H21N3O4S/c1-2-5-15-10-11(16(19)20)9-12(15)13(18)14-4-8-21-7-3-6-17/h9-10,17H,2-8H2,1H3,(H,14,18). The Morgan fingerprint density at radius 1 is 1.52 bits per heavy atom. The van der Waals surface area contributed by atoms with Gasteiger partial charge < -0.3 is 15.0 Å². The number of nitrogens with zero attached hydrogens (tertiary/aromatic N) is 2. The average Bonchev–Trinajstić information content (AvgIpc) is 2.87. The molecule has 0 unspecified atom stereocenters. The van der Waals surface area contributed by atoms with E-state index in [1.165, 1.54) is 12.3 Å². The minimum Gasteiger partial charge on any atom is -0.396 e. The fourth-order valence-electron chi connectivity index (χ4n) is 1.81. The van der Waals surface area contributed by atoms with Crippen molar-refractivity contribution in [3.05, 3.63) is 28.1 Å². The molecular weight excluding hydrogens is 294 g/mol. The fraction of sp³-hybridized carbons (Fsp3) is 0.615. The monoisotopic (exact) mass is 315 g/mol. The Hall–Kier alpha value is -1.54. The summed E-state index contributed by atoms with van der Waals surface area (Å²) >= 11 is 1.65. The lowest BCUT2D eigenvalue weighted by Gasteiger charge is -2.08. The largest absolute Gasteiger partial charge is 0.396 e. The Balaban J connectivity index is 2.54. The van der Waals surface area contributed by atoms with Crippen LogP contribution in [0.4, 0.5) is 5.69 Å². The second kappa shape index (κ2) is 9.41.